The number of aromatic nitrogens is 3. The van der Waals surface area contributed by atoms with Gasteiger partial charge in [0, 0.05) is 5.02 Å². The van der Waals surface area contributed by atoms with Crippen LogP contribution in [0.1, 0.15) is 17.2 Å². The van der Waals surface area contributed by atoms with E-state index in [-0.39, 0.29) is 6.10 Å². The quantitative estimate of drug-likeness (QED) is 0.481. The minimum absolute atomic E-state index is 0.128. The molecule has 3 aromatic carbocycles. The van der Waals surface area contributed by atoms with Crippen LogP contribution in [0.4, 0.5) is 0 Å². The van der Waals surface area contributed by atoms with Crippen molar-refractivity contribution in [3.8, 4) is 0 Å². The lowest BCUT2D eigenvalue weighted by Crippen LogP contribution is -2.14. The summed E-state index contributed by atoms with van der Waals surface area (Å²) >= 11 is 5.96. The second kappa shape index (κ2) is 7.68. The van der Waals surface area contributed by atoms with Crippen molar-refractivity contribution < 1.29 is 4.74 Å². The number of halogens is 1. The van der Waals surface area contributed by atoms with E-state index in [1.807, 2.05) is 71.4 Å². The zero-order valence-corrected chi connectivity index (χ0v) is 14.9. The van der Waals surface area contributed by atoms with Crippen LogP contribution in [0.2, 0.25) is 5.02 Å². The molecule has 0 aliphatic carbocycles. The zero-order valence-electron chi connectivity index (χ0n) is 14.1. The van der Waals surface area contributed by atoms with Gasteiger partial charge in [-0.25, -0.2) is 4.68 Å². The Bertz CT molecular complexity index is 983. The van der Waals surface area contributed by atoms with Crippen LogP contribution in [0.25, 0.3) is 11.0 Å². The maximum Gasteiger partial charge on any atom is 0.113 e. The van der Waals surface area contributed by atoms with Crippen molar-refractivity contribution >= 4 is 22.6 Å². The zero-order chi connectivity index (χ0) is 17.8. The lowest BCUT2D eigenvalue weighted by Gasteiger charge is -2.19. The maximum atomic E-state index is 6.24. The van der Waals surface area contributed by atoms with Gasteiger partial charge in [0.1, 0.15) is 11.6 Å². The largest absolute Gasteiger partial charge is 0.367 e. The lowest BCUT2D eigenvalue weighted by atomic mass is 10.1. The van der Waals surface area contributed by atoms with Gasteiger partial charge in [-0.1, -0.05) is 71.4 Å². The van der Waals surface area contributed by atoms with E-state index in [0.717, 1.165) is 27.2 Å². The number of hydrogen-bond acceptors (Lipinski definition) is 3. The molecule has 0 aliphatic rings. The molecule has 0 N–H and O–H groups in total. The van der Waals surface area contributed by atoms with E-state index >= 15 is 0 Å². The van der Waals surface area contributed by atoms with Crippen molar-refractivity contribution in [2.75, 3.05) is 0 Å². The summed E-state index contributed by atoms with van der Waals surface area (Å²) in [4.78, 5) is 0. The second-order valence-corrected chi connectivity index (χ2v) is 6.53. The molecule has 4 aromatic rings. The Morgan fingerprint density at radius 1 is 0.885 bits per heavy atom. The Hall–Kier alpha value is -2.69. The third-order valence-corrected chi connectivity index (χ3v) is 4.55. The Balaban J connectivity index is 1.57. The highest BCUT2D eigenvalue weighted by Gasteiger charge is 2.15. The van der Waals surface area contributed by atoms with E-state index in [1.54, 1.807) is 0 Å². The predicted molar refractivity (Wildman–Crippen MR) is 103 cm³/mol. The third-order valence-electron chi connectivity index (χ3n) is 4.29. The second-order valence-electron chi connectivity index (χ2n) is 6.10. The average Bonchev–Trinajstić information content (AvgIpc) is 3.10. The monoisotopic (exact) mass is 363 g/mol. The van der Waals surface area contributed by atoms with Crippen molar-refractivity contribution in [2.24, 2.45) is 0 Å². The normalized spacial score (nSPS) is 12.3. The van der Waals surface area contributed by atoms with Crippen LogP contribution in [-0.4, -0.2) is 15.0 Å². The number of hydrogen-bond donors (Lipinski definition) is 0. The summed E-state index contributed by atoms with van der Waals surface area (Å²) in [6.07, 6.45) is -0.128. The average molecular weight is 364 g/mol. The van der Waals surface area contributed by atoms with Crippen LogP contribution in [-0.2, 0) is 17.9 Å². The van der Waals surface area contributed by atoms with Gasteiger partial charge in [-0.15, -0.1) is 5.10 Å². The summed E-state index contributed by atoms with van der Waals surface area (Å²) in [6, 6.07) is 25.9. The van der Waals surface area contributed by atoms with Gasteiger partial charge in [0.05, 0.1) is 18.7 Å². The van der Waals surface area contributed by atoms with Gasteiger partial charge < -0.3 is 4.74 Å². The molecule has 0 saturated carbocycles. The van der Waals surface area contributed by atoms with Gasteiger partial charge in [-0.05, 0) is 35.4 Å². The summed E-state index contributed by atoms with van der Waals surface area (Å²) in [5.74, 6) is 0. The summed E-state index contributed by atoms with van der Waals surface area (Å²) < 4.78 is 8.14. The lowest BCUT2D eigenvalue weighted by molar-refractivity contribution is 0.0262. The van der Waals surface area contributed by atoms with Crippen molar-refractivity contribution in [3.63, 3.8) is 0 Å². The van der Waals surface area contributed by atoms with Gasteiger partial charge in [-0.2, -0.15) is 0 Å². The molecule has 130 valence electrons. The highest BCUT2D eigenvalue weighted by Crippen LogP contribution is 2.23. The molecule has 0 unspecified atom stereocenters. The molecule has 1 heterocycles. The Labute approximate surface area is 157 Å². The highest BCUT2D eigenvalue weighted by atomic mass is 35.5. The van der Waals surface area contributed by atoms with Crippen molar-refractivity contribution in [3.05, 3.63) is 95.0 Å². The maximum absolute atomic E-state index is 6.24. The minimum atomic E-state index is -0.128. The molecule has 0 aliphatic heterocycles. The van der Waals surface area contributed by atoms with Gasteiger partial charge in [0.25, 0.3) is 0 Å². The SMILES string of the molecule is Clc1ccc(CO[C@@H](Cn2nnc3ccccc32)c2ccccc2)cc1. The van der Waals surface area contributed by atoms with E-state index in [9.17, 15) is 0 Å². The first kappa shape index (κ1) is 16.8. The van der Waals surface area contributed by atoms with Crippen LogP contribution < -0.4 is 0 Å². The fraction of sp³-hybridized carbons (Fsp3) is 0.143. The van der Waals surface area contributed by atoms with Crippen molar-refractivity contribution in [2.45, 2.75) is 19.3 Å². The number of benzene rings is 3. The van der Waals surface area contributed by atoms with Gasteiger partial charge >= 0.3 is 0 Å². The fourth-order valence-electron chi connectivity index (χ4n) is 2.91. The summed E-state index contributed by atoms with van der Waals surface area (Å²) in [6.45, 7) is 1.10. The first-order valence-corrected chi connectivity index (χ1v) is 8.86. The molecule has 0 spiro atoms. The molecule has 5 heteroatoms. The molecule has 1 aromatic heterocycles. The van der Waals surface area contributed by atoms with E-state index in [4.69, 9.17) is 16.3 Å². The molecule has 4 rings (SSSR count). The molecule has 0 fully saturated rings. The van der Waals surface area contributed by atoms with E-state index in [0.29, 0.717) is 13.2 Å². The molecule has 26 heavy (non-hydrogen) atoms. The standard InChI is InChI=1S/C21H18ClN3O/c22-18-12-10-16(11-13-18)15-26-21(17-6-2-1-3-7-17)14-25-20-9-5-4-8-19(20)23-24-25/h1-13,21H,14-15H2/t21-/m0/s1. The number of nitrogens with zero attached hydrogens (tertiary/aromatic N) is 3. The van der Waals surface area contributed by atoms with Crippen LogP contribution in [0.5, 0.6) is 0 Å². The van der Waals surface area contributed by atoms with Gasteiger partial charge in [0.15, 0.2) is 0 Å². The molecule has 4 nitrogen and oxygen atoms in total. The Morgan fingerprint density at radius 2 is 1.62 bits per heavy atom. The van der Waals surface area contributed by atoms with Crippen LogP contribution in [0.3, 0.4) is 0 Å². The highest BCUT2D eigenvalue weighted by molar-refractivity contribution is 6.30. The van der Waals surface area contributed by atoms with Crippen LogP contribution in [0, 0.1) is 0 Å². The third kappa shape index (κ3) is 3.77. The number of rotatable bonds is 6. The minimum Gasteiger partial charge on any atom is -0.367 e. The van der Waals surface area contributed by atoms with Gasteiger partial charge in [-0.3, -0.25) is 0 Å². The molecule has 1 atom stereocenters. The summed E-state index contributed by atoms with van der Waals surface area (Å²) in [5.41, 5.74) is 4.08. The smallest absolute Gasteiger partial charge is 0.113 e. The first-order valence-electron chi connectivity index (χ1n) is 8.49. The molecule has 0 bridgehead atoms. The molecule has 0 radical (unpaired) electrons. The van der Waals surface area contributed by atoms with Crippen molar-refractivity contribution in [1.82, 2.24) is 15.0 Å². The molecule has 0 amide bonds. The first-order chi connectivity index (χ1) is 12.8. The number of para-hydroxylation sites is 1. The van der Waals surface area contributed by atoms with Crippen LogP contribution >= 0.6 is 11.6 Å². The van der Waals surface area contributed by atoms with Crippen LogP contribution in [0.15, 0.2) is 78.9 Å². The molecule has 0 saturated heterocycles. The number of ether oxygens (including phenoxy) is 1. The number of fused-ring (bicyclic) bond motifs is 1. The molecular weight excluding hydrogens is 346 g/mol. The van der Waals surface area contributed by atoms with E-state index < -0.39 is 0 Å². The van der Waals surface area contributed by atoms with E-state index in [1.165, 1.54) is 0 Å². The molecular formula is C21H18ClN3O. The predicted octanol–water partition coefficient (Wildman–Crippen LogP) is 5.04. The fourth-order valence-corrected chi connectivity index (χ4v) is 3.03. The Kier molecular flexibility index (Phi) is 4.95. The summed E-state index contributed by atoms with van der Waals surface area (Å²) in [5, 5.41) is 9.26. The topological polar surface area (TPSA) is 39.9 Å². The van der Waals surface area contributed by atoms with Gasteiger partial charge in [0.2, 0.25) is 0 Å². The summed E-state index contributed by atoms with van der Waals surface area (Å²) in [7, 11) is 0. The van der Waals surface area contributed by atoms with Crippen molar-refractivity contribution in [1.29, 1.82) is 0 Å². The van der Waals surface area contributed by atoms with E-state index in [2.05, 4.69) is 22.4 Å². The Morgan fingerprint density at radius 3 is 2.42 bits per heavy atom.